The second-order valence-corrected chi connectivity index (χ2v) is 22.7. The summed E-state index contributed by atoms with van der Waals surface area (Å²) < 4.78 is 16.8. The molecule has 0 rings (SSSR count). The van der Waals surface area contributed by atoms with Crippen LogP contribution in [0.4, 0.5) is 0 Å². The first kappa shape index (κ1) is 75.6. The van der Waals surface area contributed by atoms with E-state index in [0.717, 1.165) is 116 Å². The van der Waals surface area contributed by atoms with Gasteiger partial charge in [-0.3, -0.25) is 14.4 Å². The Labute approximate surface area is 490 Å². The van der Waals surface area contributed by atoms with Crippen molar-refractivity contribution >= 4 is 17.9 Å². The van der Waals surface area contributed by atoms with Crippen LogP contribution in [0.25, 0.3) is 0 Å². The molecule has 0 aliphatic heterocycles. The lowest BCUT2D eigenvalue weighted by molar-refractivity contribution is -0.167. The van der Waals surface area contributed by atoms with Crippen molar-refractivity contribution in [1.29, 1.82) is 0 Å². The molecule has 0 heterocycles. The van der Waals surface area contributed by atoms with E-state index in [1.807, 2.05) is 0 Å². The maximum absolute atomic E-state index is 12.9. The summed E-state index contributed by atoms with van der Waals surface area (Å²) in [6.45, 7) is 6.48. The second kappa shape index (κ2) is 67.1. The van der Waals surface area contributed by atoms with Gasteiger partial charge in [0.15, 0.2) is 6.10 Å². The third-order valence-electron chi connectivity index (χ3n) is 14.9. The van der Waals surface area contributed by atoms with Crippen LogP contribution in [0.3, 0.4) is 0 Å². The molecule has 0 saturated carbocycles. The Kier molecular flexibility index (Phi) is 64.2. The predicted molar refractivity (Wildman–Crippen MR) is 344 cm³/mol. The highest BCUT2D eigenvalue weighted by Gasteiger charge is 2.19. The van der Waals surface area contributed by atoms with Crippen molar-refractivity contribution in [3.63, 3.8) is 0 Å². The van der Waals surface area contributed by atoms with Crippen molar-refractivity contribution in [1.82, 2.24) is 0 Å². The van der Waals surface area contributed by atoms with Gasteiger partial charge >= 0.3 is 17.9 Å². The summed E-state index contributed by atoms with van der Waals surface area (Å²) >= 11 is 0. The van der Waals surface area contributed by atoms with E-state index in [9.17, 15) is 14.4 Å². The maximum atomic E-state index is 12.9. The zero-order valence-corrected chi connectivity index (χ0v) is 52.4. The van der Waals surface area contributed by atoms with Crippen LogP contribution in [0.15, 0.2) is 85.1 Å². The number of allylic oxidation sites excluding steroid dienone is 14. The van der Waals surface area contributed by atoms with Gasteiger partial charge in [0.2, 0.25) is 0 Å². The minimum absolute atomic E-state index is 0.0778. The van der Waals surface area contributed by atoms with Gasteiger partial charge in [-0.15, -0.1) is 0 Å². The van der Waals surface area contributed by atoms with Gasteiger partial charge in [-0.25, -0.2) is 0 Å². The molecule has 0 aromatic carbocycles. The number of esters is 3. The SMILES string of the molecule is CC/C=C\C/C=C\C/C=C\C/C=C\C/C=C\C/C=C\C/C=C\CCCCCCCCCC(=O)OCC(COC(=O)CCCCCCC)OC(=O)CCCCCCCCCCCCCCCCCCCCCCCCCCCCC. The molecule has 0 radical (unpaired) electrons. The number of carbonyl (C=O) groups is 3. The number of rotatable bonds is 62. The Morgan fingerprint density at radius 3 is 0.772 bits per heavy atom. The molecule has 0 saturated heterocycles. The van der Waals surface area contributed by atoms with Crippen LogP contribution in [0.1, 0.15) is 342 Å². The van der Waals surface area contributed by atoms with E-state index in [1.165, 1.54) is 186 Å². The molecule has 0 aromatic rings. The highest BCUT2D eigenvalue weighted by atomic mass is 16.6. The van der Waals surface area contributed by atoms with Crippen LogP contribution in [0.5, 0.6) is 0 Å². The first-order chi connectivity index (χ1) is 39.0. The monoisotopic (exact) mass is 1100 g/mol. The molecule has 0 aromatic heterocycles. The molecule has 6 nitrogen and oxygen atoms in total. The Morgan fingerprint density at radius 2 is 0.494 bits per heavy atom. The Balaban J connectivity index is 4.02. The van der Waals surface area contributed by atoms with Crippen LogP contribution in [0.2, 0.25) is 0 Å². The Bertz CT molecular complexity index is 1500. The first-order valence-corrected chi connectivity index (χ1v) is 34.1. The van der Waals surface area contributed by atoms with Gasteiger partial charge in [0.05, 0.1) is 0 Å². The van der Waals surface area contributed by atoms with E-state index in [0.29, 0.717) is 19.3 Å². The zero-order chi connectivity index (χ0) is 57.1. The molecule has 6 heteroatoms. The standard InChI is InChI=1S/C73H128O6/c1-4-7-10-13-15-17-19-21-23-25-27-29-31-33-35-36-38-39-41-43-45-47-49-51-53-55-57-60-63-66-72(75)78-69-70(68-77-71(74)65-62-59-12-9-6-3)79-73(76)67-64-61-58-56-54-52-50-48-46-44-42-40-37-34-32-30-28-26-24-22-20-18-16-14-11-8-5-2/h7,10,15,17,21,23,27,29,33,35,38-39,43,45,70H,4-6,8-9,11-14,16,18-20,22,24-26,28,30-32,34,36-37,40-42,44,46-69H2,1-3H3/b10-7-,17-15-,23-21-,29-27-,35-33-,39-38-,45-43-. The summed E-state index contributed by atoms with van der Waals surface area (Å²) in [5, 5.41) is 0. The maximum Gasteiger partial charge on any atom is 0.306 e. The summed E-state index contributed by atoms with van der Waals surface area (Å²) in [7, 11) is 0. The summed E-state index contributed by atoms with van der Waals surface area (Å²) in [5.74, 6) is -0.888. The van der Waals surface area contributed by atoms with Gasteiger partial charge in [-0.1, -0.05) is 331 Å². The van der Waals surface area contributed by atoms with Crippen LogP contribution < -0.4 is 0 Å². The molecule has 0 N–H and O–H groups in total. The van der Waals surface area contributed by atoms with Gasteiger partial charge in [0.1, 0.15) is 13.2 Å². The average molecular weight is 1100 g/mol. The molecule has 0 amide bonds. The fourth-order valence-electron chi connectivity index (χ4n) is 9.84. The molecule has 1 atom stereocenters. The lowest BCUT2D eigenvalue weighted by Gasteiger charge is -2.18. The smallest absolute Gasteiger partial charge is 0.306 e. The number of unbranched alkanes of at least 4 members (excludes halogenated alkanes) is 37. The third kappa shape index (κ3) is 65.3. The van der Waals surface area contributed by atoms with Crippen LogP contribution in [0, 0.1) is 0 Å². The lowest BCUT2D eigenvalue weighted by atomic mass is 10.0. The fraction of sp³-hybridized carbons (Fsp3) is 0.767. The van der Waals surface area contributed by atoms with E-state index in [1.54, 1.807) is 0 Å². The quantitative estimate of drug-likeness (QED) is 0.0261. The van der Waals surface area contributed by atoms with Crippen LogP contribution in [-0.4, -0.2) is 37.2 Å². The highest BCUT2D eigenvalue weighted by Crippen LogP contribution is 2.18. The topological polar surface area (TPSA) is 78.9 Å². The van der Waals surface area contributed by atoms with Gasteiger partial charge in [0, 0.05) is 19.3 Å². The highest BCUT2D eigenvalue weighted by molar-refractivity contribution is 5.71. The minimum Gasteiger partial charge on any atom is -0.462 e. The average Bonchev–Trinajstić information content (AvgIpc) is 3.45. The van der Waals surface area contributed by atoms with E-state index in [4.69, 9.17) is 14.2 Å². The third-order valence-corrected chi connectivity index (χ3v) is 14.9. The first-order valence-electron chi connectivity index (χ1n) is 34.1. The minimum atomic E-state index is -0.777. The van der Waals surface area contributed by atoms with E-state index >= 15 is 0 Å². The zero-order valence-electron chi connectivity index (χ0n) is 52.4. The second-order valence-electron chi connectivity index (χ2n) is 22.7. The molecule has 1 unspecified atom stereocenters. The molecule has 0 bridgehead atoms. The molecule has 456 valence electrons. The summed E-state index contributed by atoms with van der Waals surface area (Å²) in [5.41, 5.74) is 0. The molecule has 0 aliphatic carbocycles. The molecule has 79 heavy (non-hydrogen) atoms. The lowest BCUT2D eigenvalue weighted by Crippen LogP contribution is -2.30. The summed E-state index contributed by atoms with van der Waals surface area (Å²) in [6.07, 6.45) is 89.5. The largest absolute Gasteiger partial charge is 0.462 e. The van der Waals surface area contributed by atoms with E-state index < -0.39 is 6.10 Å². The summed E-state index contributed by atoms with van der Waals surface area (Å²) in [6, 6.07) is 0. The Hall–Kier alpha value is -3.41. The van der Waals surface area contributed by atoms with Gasteiger partial charge < -0.3 is 14.2 Å². The van der Waals surface area contributed by atoms with Crippen molar-refractivity contribution in [2.24, 2.45) is 0 Å². The molecule has 0 spiro atoms. The Morgan fingerprint density at radius 1 is 0.266 bits per heavy atom. The predicted octanol–water partition coefficient (Wildman–Crippen LogP) is 23.4. The van der Waals surface area contributed by atoms with Crippen LogP contribution in [-0.2, 0) is 28.6 Å². The molecular formula is C73H128O6. The fourth-order valence-corrected chi connectivity index (χ4v) is 9.84. The molecule has 0 aliphatic rings. The van der Waals surface area contributed by atoms with Gasteiger partial charge in [-0.05, 0) is 77.0 Å². The van der Waals surface area contributed by atoms with Crippen molar-refractivity contribution < 1.29 is 28.6 Å². The number of ether oxygens (including phenoxy) is 3. The number of hydrogen-bond acceptors (Lipinski definition) is 6. The van der Waals surface area contributed by atoms with Crippen LogP contribution >= 0.6 is 0 Å². The van der Waals surface area contributed by atoms with Gasteiger partial charge in [-0.2, -0.15) is 0 Å². The van der Waals surface area contributed by atoms with E-state index in [-0.39, 0.29) is 31.1 Å². The molecular weight excluding hydrogens is 973 g/mol. The van der Waals surface area contributed by atoms with Crippen molar-refractivity contribution in [3.05, 3.63) is 85.1 Å². The van der Waals surface area contributed by atoms with Crippen molar-refractivity contribution in [2.45, 2.75) is 348 Å². The van der Waals surface area contributed by atoms with E-state index in [2.05, 4.69) is 106 Å². The summed E-state index contributed by atoms with van der Waals surface area (Å²) in [4.78, 5) is 38.0. The number of hydrogen-bond donors (Lipinski definition) is 0. The van der Waals surface area contributed by atoms with Crippen molar-refractivity contribution in [2.75, 3.05) is 13.2 Å². The number of carbonyl (C=O) groups excluding carboxylic acids is 3. The normalized spacial score (nSPS) is 12.6. The molecule has 0 fully saturated rings. The van der Waals surface area contributed by atoms with Gasteiger partial charge in [0.25, 0.3) is 0 Å². The van der Waals surface area contributed by atoms with Crippen molar-refractivity contribution in [3.8, 4) is 0 Å².